The van der Waals surface area contributed by atoms with Gasteiger partial charge in [0.15, 0.2) is 0 Å². The van der Waals surface area contributed by atoms with E-state index in [1.54, 1.807) is 0 Å². The molecule has 2 aromatic rings. The molecule has 2 nitrogen and oxygen atoms in total. The molecule has 2 N–H and O–H groups in total. The number of hydrogen-bond donors (Lipinski definition) is 1. The van der Waals surface area contributed by atoms with Crippen LogP contribution in [0.1, 0.15) is 12.0 Å². The van der Waals surface area contributed by atoms with Crippen molar-refractivity contribution in [2.45, 2.75) is 12.0 Å². The third-order valence-electron chi connectivity index (χ3n) is 3.45. The highest BCUT2D eigenvalue weighted by Gasteiger charge is 2.30. The van der Waals surface area contributed by atoms with E-state index < -0.39 is 0 Å². The lowest BCUT2D eigenvalue weighted by Gasteiger charge is -2.24. The number of nitrogens with zero attached hydrogens (tertiary/aromatic N) is 1. The van der Waals surface area contributed by atoms with Crippen molar-refractivity contribution >= 4 is 6.08 Å². The molecule has 2 heteroatoms. The van der Waals surface area contributed by atoms with Crippen LogP contribution in [0, 0.1) is 0 Å². The zero-order valence-corrected chi connectivity index (χ0v) is 10.2. The van der Waals surface area contributed by atoms with Gasteiger partial charge < -0.3 is 5.73 Å². The Morgan fingerprint density at radius 3 is 2.39 bits per heavy atom. The van der Waals surface area contributed by atoms with Crippen LogP contribution < -0.4 is 16.3 Å². The van der Waals surface area contributed by atoms with Gasteiger partial charge in [-0.25, -0.2) is 0 Å². The SMILES string of the molecule is NCCC1(c2ccccc2)C=c2ccccc2=N1. The molecule has 3 rings (SSSR count). The number of hydrogen-bond acceptors (Lipinski definition) is 2. The molecule has 0 saturated carbocycles. The van der Waals surface area contributed by atoms with E-state index in [-0.39, 0.29) is 5.54 Å². The average Bonchev–Trinajstić information content (AvgIpc) is 2.79. The Morgan fingerprint density at radius 1 is 0.944 bits per heavy atom. The molecule has 0 saturated heterocycles. The van der Waals surface area contributed by atoms with Crippen molar-refractivity contribution in [3.8, 4) is 0 Å². The summed E-state index contributed by atoms with van der Waals surface area (Å²) in [5.41, 5.74) is 6.72. The minimum absolute atomic E-state index is 0.278. The van der Waals surface area contributed by atoms with Crippen molar-refractivity contribution in [2.24, 2.45) is 10.7 Å². The van der Waals surface area contributed by atoms with Crippen LogP contribution >= 0.6 is 0 Å². The third-order valence-corrected chi connectivity index (χ3v) is 3.45. The first-order valence-corrected chi connectivity index (χ1v) is 6.27. The normalized spacial score (nSPS) is 20.9. The quantitative estimate of drug-likeness (QED) is 0.858. The van der Waals surface area contributed by atoms with Gasteiger partial charge in [-0.15, -0.1) is 0 Å². The van der Waals surface area contributed by atoms with Gasteiger partial charge in [0.1, 0.15) is 5.54 Å². The molecule has 90 valence electrons. The zero-order chi connectivity index (χ0) is 12.4. The molecule has 1 aliphatic heterocycles. The second-order valence-corrected chi connectivity index (χ2v) is 4.64. The fourth-order valence-corrected chi connectivity index (χ4v) is 2.58. The Morgan fingerprint density at radius 2 is 1.67 bits per heavy atom. The Labute approximate surface area is 106 Å². The summed E-state index contributed by atoms with van der Waals surface area (Å²) in [5, 5.41) is 2.27. The largest absolute Gasteiger partial charge is 0.330 e. The fourth-order valence-electron chi connectivity index (χ4n) is 2.58. The standard InChI is InChI=1S/C16H16N2/c17-11-10-16(14-7-2-1-3-8-14)12-13-6-4-5-9-15(13)18-16/h1-9,12H,10-11,17H2. The van der Waals surface area contributed by atoms with E-state index in [1.165, 1.54) is 10.8 Å². The van der Waals surface area contributed by atoms with Gasteiger partial charge in [-0.2, -0.15) is 0 Å². The maximum absolute atomic E-state index is 5.79. The first kappa shape index (κ1) is 11.2. The van der Waals surface area contributed by atoms with Crippen LogP contribution in [0.5, 0.6) is 0 Å². The van der Waals surface area contributed by atoms with Crippen LogP contribution in [0.4, 0.5) is 0 Å². The first-order chi connectivity index (χ1) is 8.84. The number of para-hydroxylation sites is 1. The van der Waals surface area contributed by atoms with Crippen molar-refractivity contribution in [1.82, 2.24) is 0 Å². The van der Waals surface area contributed by atoms with Crippen LogP contribution in [0.25, 0.3) is 6.08 Å². The van der Waals surface area contributed by atoms with E-state index in [0.29, 0.717) is 6.54 Å². The van der Waals surface area contributed by atoms with Crippen molar-refractivity contribution in [2.75, 3.05) is 6.54 Å². The van der Waals surface area contributed by atoms with Gasteiger partial charge in [0, 0.05) is 0 Å². The van der Waals surface area contributed by atoms with Gasteiger partial charge in [0.05, 0.1) is 5.36 Å². The van der Waals surface area contributed by atoms with Crippen molar-refractivity contribution in [1.29, 1.82) is 0 Å². The monoisotopic (exact) mass is 236 g/mol. The molecular formula is C16H16N2. The summed E-state index contributed by atoms with van der Waals surface area (Å²) in [6.07, 6.45) is 3.08. The smallest absolute Gasteiger partial charge is 0.107 e. The summed E-state index contributed by atoms with van der Waals surface area (Å²) >= 11 is 0. The summed E-state index contributed by atoms with van der Waals surface area (Å²) in [4.78, 5) is 4.91. The molecule has 1 heterocycles. The minimum atomic E-state index is -0.278. The Balaban J connectivity index is 2.20. The Hall–Kier alpha value is -1.93. The van der Waals surface area contributed by atoms with Crippen LogP contribution in [0.15, 0.2) is 59.6 Å². The molecule has 18 heavy (non-hydrogen) atoms. The predicted molar refractivity (Wildman–Crippen MR) is 73.5 cm³/mol. The van der Waals surface area contributed by atoms with Gasteiger partial charge >= 0.3 is 0 Å². The molecule has 0 aliphatic carbocycles. The predicted octanol–water partition coefficient (Wildman–Crippen LogP) is 1.34. The van der Waals surface area contributed by atoms with E-state index in [2.05, 4.69) is 42.5 Å². The molecule has 0 bridgehead atoms. The molecule has 0 spiro atoms. The maximum Gasteiger partial charge on any atom is 0.107 e. The maximum atomic E-state index is 5.79. The van der Waals surface area contributed by atoms with Gasteiger partial charge in [0.2, 0.25) is 0 Å². The van der Waals surface area contributed by atoms with Gasteiger partial charge in [-0.05, 0) is 35.9 Å². The summed E-state index contributed by atoms with van der Waals surface area (Å²) in [5.74, 6) is 0. The second kappa shape index (κ2) is 4.39. The van der Waals surface area contributed by atoms with Crippen molar-refractivity contribution in [3.05, 3.63) is 70.7 Å². The molecule has 1 aliphatic rings. The van der Waals surface area contributed by atoms with E-state index >= 15 is 0 Å². The second-order valence-electron chi connectivity index (χ2n) is 4.64. The van der Waals surface area contributed by atoms with Crippen LogP contribution in [0.2, 0.25) is 0 Å². The highest BCUT2D eigenvalue weighted by Crippen LogP contribution is 2.31. The molecule has 2 aromatic carbocycles. The lowest BCUT2D eigenvalue weighted by Crippen LogP contribution is -2.23. The van der Waals surface area contributed by atoms with Crippen molar-refractivity contribution in [3.63, 3.8) is 0 Å². The van der Waals surface area contributed by atoms with Gasteiger partial charge in [-0.1, -0.05) is 48.5 Å². The molecule has 0 aromatic heterocycles. The number of nitrogens with two attached hydrogens (primary N) is 1. The fraction of sp³-hybridized carbons (Fsp3) is 0.188. The molecular weight excluding hydrogens is 220 g/mol. The van der Waals surface area contributed by atoms with E-state index in [9.17, 15) is 0 Å². The summed E-state index contributed by atoms with van der Waals surface area (Å²) in [6.45, 7) is 0.628. The number of benzene rings is 2. The minimum Gasteiger partial charge on any atom is -0.330 e. The summed E-state index contributed by atoms with van der Waals surface area (Å²) in [7, 11) is 0. The van der Waals surface area contributed by atoms with E-state index in [0.717, 1.165) is 11.8 Å². The molecule has 0 radical (unpaired) electrons. The van der Waals surface area contributed by atoms with E-state index in [1.807, 2.05) is 18.2 Å². The van der Waals surface area contributed by atoms with Crippen LogP contribution in [0.3, 0.4) is 0 Å². The summed E-state index contributed by atoms with van der Waals surface area (Å²) in [6, 6.07) is 18.6. The summed E-state index contributed by atoms with van der Waals surface area (Å²) < 4.78 is 0. The lowest BCUT2D eigenvalue weighted by atomic mass is 9.87. The first-order valence-electron chi connectivity index (χ1n) is 6.27. The van der Waals surface area contributed by atoms with Gasteiger partial charge in [0.25, 0.3) is 0 Å². The highest BCUT2D eigenvalue weighted by atomic mass is 14.9. The lowest BCUT2D eigenvalue weighted by molar-refractivity contribution is 0.550. The van der Waals surface area contributed by atoms with Crippen molar-refractivity contribution < 1.29 is 0 Å². The van der Waals surface area contributed by atoms with E-state index in [4.69, 9.17) is 10.7 Å². The number of fused-ring (bicyclic) bond motifs is 1. The van der Waals surface area contributed by atoms with Crippen LogP contribution in [-0.2, 0) is 5.54 Å². The number of rotatable bonds is 3. The molecule has 1 atom stereocenters. The topological polar surface area (TPSA) is 38.4 Å². The average molecular weight is 236 g/mol. The Bertz CT molecular complexity index is 624. The third kappa shape index (κ3) is 1.75. The van der Waals surface area contributed by atoms with Gasteiger partial charge in [-0.3, -0.25) is 4.99 Å². The molecule has 1 unspecified atom stereocenters. The zero-order valence-electron chi connectivity index (χ0n) is 10.2. The van der Waals surface area contributed by atoms with Crippen LogP contribution in [-0.4, -0.2) is 6.54 Å². The molecule has 0 fully saturated rings. The highest BCUT2D eigenvalue weighted by molar-refractivity contribution is 5.49. The Kier molecular flexibility index (Phi) is 2.73. The molecule has 0 amide bonds.